The summed E-state index contributed by atoms with van der Waals surface area (Å²) in [4.78, 5) is 19.2. The van der Waals surface area contributed by atoms with E-state index in [0.717, 1.165) is 42.9 Å². The van der Waals surface area contributed by atoms with Gasteiger partial charge in [-0.1, -0.05) is 42.5 Å². The van der Waals surface area contributed by atoms with Gasteiger partial charge in [0.05, 0.1) is 17.4 Å². The van der Waals surface area contributed by atoms with Gasteiger partial charge in [0, 0.05) is 25.8 Å². The van der Waals surface area contributed by atoms with E-state index in [1.807, 2.05) is 12.3 Å². The Balaban J connectivity index is 1.50. The van der Waals surface area contributed by atoms with Crippen molar-refractivity contribution in [2.45, 2.75) is 19.5 Å². The van der Waals surface area contributed by atoms with E-state index >= 15 is 0 Å². The summed E-state index contributed by atoms with van der Waals surface area (Å²) in [5, 5.41) is 12.8. The summed E-state index contributed by atoms with van der Waals surface area (Å²) in [6.07, 6.45) is 4.41. The number of rotatable bonds is 4. The smallest absolute Gasteiger partial charge is 0.259 e. The van der Waals surface area contributed by atoms with E-state index in [1.54, 1.807) is 24.4 Å². The number of aromatic hydroxyl groups is 1. The average Bonchev–Trinajstić information content (AvgIpc) is 2.69. The molecular formula is C22H21N3O2. The van der Waals surface area contributed by atoms with Crippen molar-refractivity contribution >= 4 is 11.6 Å². The second kappa shape index (κ2) is 7.60. The van der Waals surface area contributed by atoms with Gasteiger partial charge >= 0.3 is 0 Å². The first-order valence-electron chi connectivity index (χ1n) is 9.02. The number of nitrogens with one attached hydrogen (secondary N) is 1. The van der Waals surface area contributed by atoms with E-state index in [-0.39, 0.29) is 17.2 Å². The van der Waals surface area contributed by atoms with Gasteiger partial charge in [0.1, 0.15) is 5.75 Å². The first-order valence-corrected chi connectivity index (χ1v) is 9.02. The average molecular weight is 359 g/mol. The monoisotopic (exact) mass is 359 g/mol. The summed E-state index contributed by atoms with van der Waals surface area (Å²) in [7, 11) is 0. The lowest BCUT2D eigenvalue weighted by molar-refractivity contribution is 0.102. The van der Waals surface area contributed by atoms with Crippen LogP contribution in [0, 0.1) is 0 Å². The maximum absolute atomic E-state index is 12.5. The molecule has 0 radical (unpaired) electrons. The molecule has 1 amide bonds. The van der Waals surface area contributed by atoms with Crippen LogP contribution < -0.4 is 5.32 Å². The molecule has 1 aliphatic heterocycles. The van der Waals surface area contributed by atoms with Gasteiger partial charge in [-0.15, -0.1) is 0 Å². The third-order valence-corrected chi connectivity index (χ3v) is 4.86. The van der Waals surface area contributed by atoms with E-state index in [2.05, 4.69) is 39.5 Å². The van der Waals surface area contributed by atoms with Gasteiger partial charge in [0.2, 0.25) is 0 Å². The molecule has 3 aromatic rings. The third-order valence-electron chi connectivity index (χ3n) is 4.86. The second-order valence-corrected chi connectivity index (χ2v) is 6.74. The number of hydrogen-bond acceptors (Lipinski definition) is 4. The van der Waals surface area contributed by atoms with E-state index in [1.165, 1.54) is 11.6 Å². The fourth-order valence-electron chi connectivity index (χ4n) is 3.49. The summed E-state index contributed by atoms with van der Waals surface area (Å²) in [5.41, 5.74) is 4.53. The van der Waals surface area contributed by atoms with E-state index < -0.39 is 0 Å². The lowest BCUT2D eigenvalue weighted by atomic mass is 9.99. The first-order chi connectivity index (χ1) is 13.2. The van der Waals surface area contributed by atoms with Gasteiger partial charge in [-0.05, 0) is 35.2 Å². The van der Waals surface area contributed by atoms with Crippen molar-refractivity contribution < 1.29 is 9.90 Å². The highest BCUT2D eigenvalue weighted by atomic mass is 16.3. The third kappa shape index (κ3) is 3.83. The molecule has 5 heteroatoms. The molecule has 1 aromatic heterocycles. The predicted octanol–water partition coefficient (Wildman–Crippen LogP) is 3.60. The molecule has 0 spiro atoms. The number of hydrogen-bond donors (Lipinski definition) is 2. The molecule has 2 N–H and O–H groups in total. The van der Waals surface area contributed by atoms with Crippen LogP contribution in [0.15, 0.2) is 67.0 Å². The normalized spacial score (nSPS) is 13.8. The molecule has 1 aliphatic rings. The summed E-state index contributed by atoms with van der Waals surface area (Å²) < 4.78 is 0. The standard InChI is InChI=1S/C22H21N3O2/c26-21-9-5-4-8-19(21)22(27)24-20-13-23-12-17-15-25(11-10-18(17)20)14-16-6-2-1-3-7-16/h1-9,12-13,26H,10-11,14-15H2,(H,24,27). The number of anilines is 1. The van der Waals surface area contributed by atoms with Crippen molar-refractivity contribution in [2.75, 3.05) is 11.9 Å². The highest BCUT2D eigenvalue weighted by Gasteiger charge is 2.21. The lowest BCUT2D eigenvalue weighted by Crippen LogP contribution is -2.31. The summed E-state index contributed by atoms with van der Waals surface area (Å²) in [6.45, 7) is 2.62. The molecule has 27 heavy (non-hydrogen) atoms. The van der Waals surface area contributed by atoms with Crippen molar-refractivity contribution in [1.82, 2.24) is 9.88 Å². The number of carbonyl (C=O) groups excluding carboxylic acids is 1. The molecule has 0 atom stereocenters. The number of pyridine rings is 1. The number of nitrogens with zero attached hydrogens (tertiary/aromatic N) is 2. The summed E-state index contributed by atoms with van der Waals surface area (Å²) in [5.74, 6) is -0.350. The number of aromatic nitrogens is 1. The van der Waals surface area contributed by atoms with Gasteiger partial charge < -0.3 is 10.4 Å². The highest BCUT2D eigenvalue weighted by molar-refractivity contribution is 6.06. The van der Waals surface area contributed by atoms with Crippen molar-refractivity contribution in [3.63, 3.8) is 0 Å². The zero-order chi connectivity index (χ0) is 18.6. The molecule has 2 aromatic carbocycles. The molecule has 136 valence electrons. The van der Waals surface area contributed by atoms with Crippen LogP contribution in [0.4, 0.5) is 5.69 Å². The van der Waals surface area contributed by atoms with Gasteiger partial charge in [0.25, 0.3) is 5.91 Å². The minimum absolute atomic E-state index is 0.0261. The minimum atomic E-state index is -0.324. The predicted molar refractivity (Wildman–Crippen MR) is 105 cm³/mol. The Bertz CT molecular complexity index is 957. The zero-order valence-electron chi connectivity index (χ0n) is 14.9. The van der Waals surface area contributed by atoms with Crippen molar-refractivity contribution in [3.8, 4) is 5.75 Å². The highest BCUT2D eigenvalue weighted by Crippen LogP contribution is 2.27. The molecule has 0 aliphatic carbocycles. The quantitative estimate of drug-likeness (QED) is 0.747. The number of phenols is 1. The van der Waals surface area contributed by atoms with Crippen molar-refractivity contribution in [1.29, 1.82) is 0 Å². The van der Waals surface area contributed by atoms with E-state index in [4.69, 9.17) is 0 Å². The maximum atomic E-state index is 12.5. The molecule has 4 rings (SSSR count). The fraction of sp³-hybridized carbons (Fsp3) is 0.182. The fourth-order valence-corrected chi connectivity index (χ4v) is 3.49. The Morgan fingerprint density at radius 1 is 1.07 bits per heavy atom. The summed E-state index contributed by atoms with van der Waals surface area (Å²) in [6, 6.07) is 17.0. The first kappa shape index (κ1) is 17.2. The van der Waals surface area contributed by atoms with Crippen molar-refractivity contribution in [3.05, 3.63) is 89.2 Å². The van der Waals surface area contributed by atoms with Gasteiger partial charge in [-0.2, -0.15) is 0 Å². The molecule has 0 bridgehead atoms. The molecular weight excluding hydrogens is 338 g/mol. The molecule has 0 saturated carbocycles. The molecule has 0 fully saturated rings. The number of fused-ring (bicyclic) bond motifs is 1. The molecule has 0 saturated heterocycles. The lowest BCUT2D eigenvalue weighted by Gasteiger charge is -2.29. The summed E-state index contributed by atoms with van der Waals surface area (Å²) >= 11 is 0. The zero-order valence-corrected chi connectivity index (χ0v) is 14.9. The van der Waals surface area contributed by atoms with Gasteiger partial charge in [-0.25, -0.2) is 0 Å². The van der Waals surface area contributed by atoms with Crippen LogP contribution in [-0.4, -0.2) is 27.4 Å². The topological polar surface area (TPSA) is 65.5 Å². The maximum Gasteiger partial charge on any atom is 0.259 e. The van der Waals surface area contributed by atoms with Crippen LogP contribution in [0.1, 0.15) is 27.0 Å². The number of amides is 1. The van der Waals surface area contributed by atoms with Gasteiger partial charge in [0.15, 0.2) is 0 Å². The number of para-hydroxylation sites is 1. The Labute approximate surface area is 158 Å². The van der Waals surface area contributed by atoms with Crippen LogP contribution in [0.25, 0.3) is 0 Å². The van der Waals surface area contributed by atoms with E-state index in [9.17, 15) is 9.90 Å². The largest absolute Gasteiger partial charge is 0.507 e. The van der Waals surface area contributed by atoms with Crippen molar-refractivity contribution in [2.24, 2.45) is 0 Å². The Morgan fingerprint density at radius 3 is 2.67 bits per heavy atom. The Hall–Kier alpha value is -3.18. The number of phenolic OH excluding ortho intramolecular Hbond substituents is 1. The number of carbonyl (C=O) groups is 1. The van der Waals surface area contributed by atoms with Gasteiger partial charge in [-0.3, -0.25) is 14.7 Å². The second-order valence-electron chi connectivity index (χ2n) is 6.74. The van der Waals surface area contributed by atoms with Crippen LogP contribution in [0.3, 0.4) is 0 Å². The molecule has 0 unspecified atom stereocenters. The minimum Gasteiger partial charge on any atom is -0.507 e. The molecule has 2 heterocycles. The Kier molecular flexibility index (Phi) is 4.85. The van der Waals surface area contributed by atoms with Crippen LogP contribution in [0.5, 0.6) is 5.75 Å². The van der Waals surface area contributed by atoms with Crippen LogP contribution >= 0.6 is 0 Å². The molecule has 5 nitrogen and oxygen atoms in total. The van der Waals surface area contributed by atoms with Crippen LogP contribution in [0.2, 0.25) is 0 Å². The SMILES string of the molecule is O=C(Nc1cncc2c1CCN(Cc1ccccc1)C2)c1ccccc1O. The van der Waals surface area contributed by atoms with E-state index in [0.29, 0.717) is 0 Å². The van der Waals surface area contributed by atoms with Crippen LogP contribution in [-0.2, 0) is 19.5 Å². The number of benzene rings is 2. The Morgan fingerprint density at radius 2 is 1.85 bits per heavy atom.